The molecule has 1 fully saturated rings. The minimum atomic E-state index is -4.56. The number of hydrogen-bond acceptors (Lipinski definition) is 4. The average molecular weight is 436 g/mol. The number of phosphoric acid groups is 1. The molecule has 0 bridgehead atoms. The Hall–Kier alpha value is -1.43. The van der Waals surface area contributed by atoms with Crippen LogP contribution < -0.4 is 10.5 Å². The number of phosphoric ester groups is 1. The maximum Gasteiger partial charge on any atom is 0.469 e. The minimum Gasteiger partial charge on any atom is -0.490 e. The van der Waals surface area contributed by atoms with Crippen LogP contribution in [0.2, 0.25) is 0 Å². The number of benzene rings is 2. The molecule has 0 aromatic heterocycles. The van der Waals surface area contributed by atoms with Crippen molar-refractivity contribution in [3.05, 3.63) is 42.0 Å². The molecule has 2 aromatic rings. The van der Waals surface area contributed by atoms with Gasteiger partial charge in [0.05, 0.1) is 18.2 Å². The lowest BCUT2D eigenvalue weighted by Crippen LogP contribution is -2.37. The predicted octanol–water partition coefficient (Wildman–Crippen LogP) is 5.25. The van der Waals surface area contributed by atoms with Crippen molar-refractivity contribution in [3.63, 3.8) is 0 Å². The van der Waals surface area contributed by atoms with Gasteiger partial charge in [-0.3, -0.25) is 4.52 Å². The molecule has 0 aliphatic heterocycles. The van der Waals surface area contributed by atoms with Gasteiger partial charge in [-0.2, -0.15) is 0 Å². The number of hydrogen-bond donors (Lipinski definition) is 3. The standard InChI is InChI=1S/C23H34NO5P/c1-3-4-5-17-6-11-21(12-7-17)29-22-13-9-18-14-20(10-8-19(18)15-22)23(2,24)16-28-30(25,26)27/h8-10,13-15,17,21H,3-7,11-12,16,24H2,1-2H3,(H2,25,26,27)/t17-,21+,23-/m0/s1. The average Bonchev–Trinajstić information content (AvgIpc) is 2.71. The van der Waals surface area contributed by atoms with Crippen molar-refractivity contribution in [3.8, 4) is 5.75 Å². The van der Waals surface area contributed by atoms with E-state index in [9.17, 15) is 4.57 Å². The third kappa shape index (κ3) is 6.53. The number of unbranched alkanes of at least 4 members (excludes halogenated alkanes) is 1. The van der Waals surface area contributed by atoms with Crippen molar-refractivity contribution in [2.24, 2.45) is 11.7 Å². The molecule has 0 amide bonds. The summed E-state index contributed by atoms with van der Waals surface area (Å²) in [7, 11) is -4.56. The zero-order valence-electron chi connectivity index (χ0n) is 17.9. The van der Waals surface area contributed by atoms with E-state index in [0.29, 0.717) is 0 Å². The first kappa shape index (κ1) is 23.2. The van der Waals surface area contributed by atoms with Crippen LogP contribution >= 0.6 is 7.82 Å². The predicted molar refractivity (Wildman–Crippen MR) is 119 cm³/mol. The van der Waals surface area contributed by atoms with E-state index in [-0.39, 0.29) is 12.7 Å². The molecule has 1 atom stereocenters. The number of ether oxygens (including phenoxy) is 1. The molecule has 3 rings (SSSR count). The SMILES string of the molecule is CCCC[C@H]1CC[C@@H](Oc2ccc3cc([C@@](C)(N)COP(=O)(O)O)ccc3c2)CC1. The van der Waals surface area contributed by atoms with Crippen LogP contribution in [0.15, 0.2) is 36.4 Å². The third-order valence-corrected chi connectivity index (χ3v) is 6.53. The Labute approximate surface area is 179 Å². The van der Waals surface area contributed by atoms with Gasteiger partial charge in [0.25, 0.3) is 0 Å². The Morgan fingerprint density at radius 3 is 2.43 bits per heavy atom. The molecular formula is C23H34NO5P. The van der Waals surface area contributed by atoms with E-state index in [0.717, 1.165) is 40.8 Å². The summed E-state index contributed by atoms with van der Waals surface area (Å²) in [5.74, 6) is 1.74. The van der Waals surface area contributed by atoms with Crippen molar-refractivity contribution >= 4 is 18.6 Å². The fourth-order valence-corrected chi connectivity index (χ4v) is 4.61. The molecule has 0 radical (unpaired) electrons. The van der Waals surface area contributed by atoms with Gasteiger partial charge in [0.1, 0.15) is 5.75 Å². The van der Waals surface area contributed by atoms with Gasteiger partial charge in [0.2, 0.25) is 0 Å². The van der Waals surface area contributed by atoms with Crippen LogP contribution in [0.5, 0.6) is 5.75 Å². The molecule has 2 aromatic carbocycles. The molecule has 0 spiro atoms. The highest BCUT2D eigenvalue weighted by Gasteiger charge is 2.27. The van der Waals surface area contributed by atoms with Gasteiger partial charge >= 0.3 is 7.82 Å². The summed E-state index contributed by atoms with van der Waals surface area (Å²) in [5.41, 5.74) is 5.98. The van der Waals surface area contributed by atoms with Crippen molar-refractivity contribution < 1.29 is 23.6 Å². The normalized spacial score (nSPS) is 22.0. The molecule has 1 aliphatic rings. The van der Waals surface area contributed by atoms with Crippen LogP contribution in [0, 0.1) is 5.92 Å². The monoisotopic (exact) mass is 435 g/mol. The fraction of sp³-hybridized carbons (Fsp3) is 0.565. The Balaban J connectivity index is 1.63. The van der Waals surface area contributed by atoms with E-state index >= 15 is 0 Å². The van der Waals surface area contributed by atoms with Crippen LogP contribution in [0.3, 0.4) is 0 Å². The number of fused-ring (bicyclic) bond motifs is 1. The lowest BCUT2D eigenvalue weighted by Gasteiger charge is -2.29. The smallest absolute Gasteiger partial charge is 0.469 e. The van der Waals surface area contributed by atoms with Gasteiger partial charge in [-0.25, -0.2) is 4.57 Å². The first-order valence-electron chi connectivity index (χ1n) is 10.9. The van der Waals surface area contributed by atoms with E-state index in [4.69, 9.17) is 20.3 Å². The van der Waals surface area contributed by atoms with Gasteiger partial charge in [-0.05, 0) is 73.1 Å². The Bertz CT molecular complexity index is 886. The number of nitrogens with two attached hydrogens (primary N) is 1. The van der Waals surface area contributed by atoms with Gasteiger partial charge in [0.15, 0.2) is 0 Å². The summed E-state index contributed by atoms with van der Waals surface area (Å²) in [6.07, 6.45) is 9.00. The summed E-state index contributed by atoms with van der Waals surface area (Å²) in [6.45, 7) is 3.67. The molecule has 6 nitrogen and oxygen atoms in total. The molecular weight excluding hydrogens is 401 g/mol. The summed E-state index contributed by atoms with van der Waals surface area (Å²) < 4.78 is 21.9. The van der Waals surface area contributed by atoms with Crippen LogP contribution in [0.4, 0.5) is 0 Å². The minimum absolute atomic E-state index is 0.273. The zero-order valence-corrected chi connectivity index (χ0v) is 18.8. The van der Waals surface area contributed by atoms with Gasteiger partial charge in [-0.15, -0.1) is 0 Å². The Morgan fingerprint density at radius 1 is 1.10 bits per heavy atom. The maximum atomic E-state index is 11.0. The molecule has 7 heteroatoms. The highest BCUT2D eigenvalue weighted by molar-refractivity contribution is 7.46. The Morgan fingerprint density at radius 2 is 1.77 bits per heavy atom. The highest BCUT2D eigenvalue weighted by Crippen LogP contribution is 2.38. The molecule has 0 unspecified atom stereocenters. The summed E-state index contributed by atoms with van der Waals surface area (Å²) >= 11 is 0. The maximum absolute atomic E-state index is 11.0. The van der Waals surface area contributed by atoms with Crippen molar-refractivity contribution in [2.75, 3.05) is 6.61 Å². The molecule has 0 saturated heterocycles. The lowest BCUT2D eigenvalue weighted by molar-refractivity contribution is 0.128. The van der Waals surface area contributed by atoms with E-state index < -0.39 is 13.4 Å². The van der Waals surface area contributed by atoms with Crippen molar-refractivity contribution in [1.82, 2.24) is 0 Å². The third-order valence-electron chi connectivity index (χ3n) is 6.07. The van der Waals surface area contributed by atoms with Gasteiger partial charge in [0, 0.05) is 0 Å². The van der Waals surface area contributed by atoms with E-state index in [1.165, 1.54) is 32.1 Å². The van der Waals surface area contributed by atoms with E-state index in [1.54, 1.807) is 6.92 Å². The fourth-order valence-electron chi connectivity index (χ4n) is 4.18. The van der Waals surface area contributed by atoms with Gasteiger partial charge in [-0.1, -0.05) is 44.4 Å². The first-order valence-corrected chi connectivity index (χ1v) is 12.4. The highest BCUT2D eigenvalue weighted by atomic mass is 31.2. The quantitative estimate of drug-likeness (QED) is 0.465. The molecule has 30 heavy (non-hydrogen) atoms. The molecule has 4 N–H and O–H groups in total. The second-order valence-electron chi connectivity index (χ2n) is 8.81. The molecule has 1 saturated carbocycles. The van der Waals surface area contributed by atoms with Crippen LogP contribution in [0.25, 0.3) is 10.8 Å². The van der Waals surface area contributed by atoms with Crippen LogP contribution in [-0.2, 0) is 14.6 Å². The number of rotatable bonds is 9. The first-order chi connectivity index (χ1) is 14.2. The summed E-state index contributed by atoms with van der Waals surface area (Å²) in [5, 5.41) is 2.04. The molecule has 166 valence electrons. The van der Waals surface area contributed by atoms with Crippen LogP contribution in [-0.4, -0.2) is 22.5 Å². The second kappa shape index (κ2) is 9.80. The topological polar surface area (TPSA) is 102 Å². The van der Waals surface area contributed by atoms with Crippen molar-refractivity contribution in [1.29, 1.82) is 0 Å². The summed E-state index contributed by atoms with van der Waals surface area (Å²) in [6, 6.07) is 11.8. The largest absolute Gasteiger partial charge is 0.490 e. The van der Waals surface area contributed by atoms with Crippen molar-refractivity contribution in [2.45, 2.75) is 70.4 Å². The molecule has 0 heterocycles. The second-order valence-corrected chi connectivity index (χ2v) is 10.0. The van der Waals surface area contributed by atoms with Gasteiger partial charge < -0.3 is 20.3 Å². The van der Waals surface area contributed by atoms with Crippen LogP contribution in [0.1, 0.15) is 64.4 Å². The lowest BCUT2D eigenvalue weighted by atomic mass is 9.84. The Kier molecular flexibility index (Phi) is 7.59. The molecule has 1 aliphatic carbocycles. The van der Waals surface area contributed by atoms with E-state index in [1.807, 2.05) is 36.4 Å². The summed E-state index contributed by atoms with van der Waals surface area (Å²) in [4.78, 5) is 17.9. The van der Waals surface area contributed by atoms with E-state index in [2.05, 4.69) is 11.4 Å². The zero-order chi connectivity index (χ0) is 21.8.